The minimum Gasteiger partial charge on any atom is -0.454 e. The molecule has 0 spiro atoms. The Labute approximate surface area is 201 Å². The van der Waals surface area contributed by atoms with Gasteiger partial charge in [-0.15, -0.1) is 11.3 Å². The predicted molar refractivity (Wildman–Crippen MR) is 127 cm³/mol. The summed E-state index contributed by atoms with van der Waals surface area (Å²) in [6.45, 7) is 1.13. The molecule has 3 heterocycles. The normalized spacial score (nSPS) is 17.3. The van der Waals surface area contributed by atoms with E-state index in [0.29, 0.717) is 41.0 Å². The van der Waals surface area contributed by atoms with Crippen molar-refractivity contribution >= 4 is 32.4 Å². The largest absolute Gasteiger partial charge is 0.454 e. The van der Waals surface area contributed by atoms with E-state index in [1.165, 1.54) is 47.0 Å². The van der Waals surface area contributed by atoms with Crippen molar-refractivity contribution in [3.8, 4) is 22.8 Å². The van der Waals surface area contributed by atoms with Crippen LogP contribution in [0.3, 0.4) is 0 Å². The number of carbonyl (C=O) groups is 1. The third kappa shape index (κ3) is 4.51. The molecule has 3 aromatic rings. The molecule has 11 heteroatoms. The molecule has 1 aromatic heterocycles. The van der Waals surface area contributed by atoms with Crippen molar-refractivity contribution in [1.29, 1.82) is 0 Å². The average Bonchev–Trinajstić information content (AvgIpc) is 3.61. The maximum Gasteiger partial charge on any atom is 0.257 e. The first kappa shape index (κ1) is 22.8. The minimum atomic E-state index is -3.67. The van der Waals surface area contributed by atoms with Gasteiger partial charge in [0.25, 0.3) is 5.91 Å². The number of hydrogen-bond donors (Lipinski definition) is 1. The quantitative estimate of drug-likeness (QED) is 0.527. The number of amides is 1. The number of ether oxygens (including phenoxy) is 3. The van der Waals surface area contributed by atoms with Crippen LogP contribution in [0.5, 0.6) is 11.5 Å². The van der Waals surface area contributed by atoms with Crippen LogP contribution in [0, 0.1) is 0 Å². The number of nitrogens with zero attached hydrogens (tertiary/aromatic N) is 2. The number of hydrogen-bond acceptors (Lipinski definition) is 8. The Morgan fingerprint density at radius 1 is 1.21 bits per heavy atom. The molecule has 0 saturated carbocycles. The lowest BCUT2D eigenvalue weighted by Gasteiger charge is -2.20. The number of rotatable bonds is 7. The van der Waals surface area contributed by atoms with Crippen molar-refractivity contribution in [2.75, 3.05) is 32.3 Å². The van der Waals surface area contributed by atoms with E-state index in [0.717, 1.165) is 18.4 Å². The van der Waals surface area contributed by atoms with Gasteiger partial charge in [0, 0.05) is 36.7 Å². The van der Waals surface area contributed by atoms with Gasteiger partial charge in [-0.05, 0) is 49.2 Å². The molecule has 2 aromatic carbocycles. The Kier molecular flexibility index (Phi) is 6.26. The number of carbonyl (C=O) groups excluding carboxylic acids is 1. The number of fused-ring (bicyclic) bond motifs is 1. The molecule has 1 amide bonds. The molecule has 9 nitrogen and oxygen atoms in total. The van der Waals surface area contributed by atoms with E-state index in [1.807, 2.05) is 23.6 Å². The third-order valence-corrected chi connectivity index (χ3v) is 8.30. The fourth-order valence-corrected chi connectivity index (χ4v) is 5.80. The number of thiazole rings is 1. The van der Waals surface area contributed by atoms with Crippen LogP contribution in [-0.4, -0.2) is 56.7 Å². The number of nitrogens with one attached hydrogen (secondary N) is 1. The Morgan fingerprint density at radius 3 is 2.79 bits per heavy atom. The molecule has 1 saturated heterocycles. The number of likely N-dealkylation sites (N-methyl/N-ethyl adjacent to an activating group) is 1. The Hall–Kier alpha value is -2.99. The van der Waals surface area contributed by atoms with Gasteiger partial charge in [-0.3, -0.25) is 10.1 Å². The lowest BCUT2D eigenvalue weighted by molar-refractivity contribution is 0.0979. The van der Waals surface area contributed by atoms with Gasteiger partial charge >= 0.3 is 0 Å². The van der Waals surface area contributed by atoms with Crippen molar-refractivity contribution in [2.24, 2.45) is 0 Å². The molecule has 1 fully saturated rings. The van der Waals surface area contributed by atoms with Crippen LogP contribution in [0.1, 0.15) is 23.2 Å². The van der Waals surface area contributed by atoms with Crippen molar-refractivity contribution in [1.82, 2.24) is 9.29 Å². The fourth-order valence-electron chi connectivity index (χ4n) is 3.89. The van der Waals surface area contributed by atoms with Crippen LogP contribution in [0.2, 0.25) is 0 Å². The molecule has 34 heavy (non-hydrogen) atoms. The highest BCUT2D eigenvalue weighted by molar-refractivity contribution is 7.89. The summed E-state index contributed by atoms with van der Waals surface area (Å²) in [5.41, 5.74) is 1.78. The zero-order valence-electron chi connectivity index (χ0n) is 18.4. The molecule has 2 aliphatic heterocycles. The summed E-state index contributed by atoms with van der Waals surface area (Å²) in [4.78, 5) is 17.3. The van der Waals surface area contributed by atoms with Gasteiger partial charge < -0.3 is 14.2 Å². The van der Waals surface area contributed by atoms with Gasteiger partial charge in [0.1, 0.15) is 0 Å². The molecular formula is C23H23N3O6S2. The molecule has 0 aliphatic carbocycles. The first-order chi connectivity index (χ1) is 16.4. The summed E-state index contributed by atoms with van der Waals surface area (Å²) < 4.78 is 43.5. The lowest BCUT2D eigenvalue weighted by atomic mass is 10.1. The first-order valence-electron chi connectivity index (χ1n) is 10.8. The molecule has 1 atom stereocenters. The van der Waals surface area contributed by atoms with Crippen LogP contribution >= 0.6 is 11.3 Å². The topological polar surface area (TPSA) is 107 Å². The molecule has 0 bridgehead atoms. The van der Waals surface area contributed by atoms with E-state index in [9.17, 15) is 13.2 Å². The summed E-state index contributed by atoms with van der Waals surface area (Å²) >= 11 is 1.29. The number of sulfonamides is 1. The molecule has 2 aliphatic rings. The number of benzene rings is 2. The van der Waals surface area contributed by atoms with Crippen molar-refractivity contribution < 1.29 is 27.4 Å². The number of para-hydroxylation sites is 1. The van der Waals surface area contributed by atoms with Crippen molar-refractivity contribution in [3.05, 3.63) is 53.4 Å². The van der Waals surface area contributed by atoms with E-state index < -0.39 is 10.0 Å². The minimum absolute atomic E-state index is 0.0796. The van der Waals surface area contributed by atoms with Gasteiger partial charge in [0.2, 0.25) is 16.8 Å². The van der Waals surface area contributed by atoms with Crippen molar-refractivity contribution in [2.45, 2.75) is 23.8 Å². The van der Waals surface area contributed by atoms with Gasteiger partial charge in [-0.25, -0.2) is 13.4 Å². The number of anilines is 1. The summed E-state index contributed by atoms with van der Waals surface area (Å²) in [6, 6.07) is 11.4. The SMILES string of the molecule is CN(CC1CCCO1)S(=O)(=O)c1ccc(C(=O)Nc2nc(-c3cccc4c3OCO4)cs2)cc1. The van der Waals surface area contributed by atoms with Gasteiger partial charge in [0.05, 0.1) is 16.7 Å². The molecule has 0 radical (unpaired) electrons. The Morgan fingerprint density at radius 2 is 2.03 bits per heavy atom. The fraction of sp³-hybridized carbons (Fsp3) is 0.304. The van der Waals surface area contributed by atoms with Crippen LogP contribution in [0.15, 0.2) is 52.7 Å². The maximum atomic E-state index is 12.9. The molecule has 1 N–H and O–H groups in total. The monoisotopic (exact) mass is 501 g/mol. The van der Waals surface area contributed by atoms with Crippen LogP contribution < -0.4 is 14.8 Å². The smallest absolute Gasteiger partial charge is 0.257 e. The lowest BCUT2D eigenvalue weighted by Crippen LogP contribution is -2.34. The highest BCUT2D eigenvalue weighted by atomic mass is 32.2. The second-order valence-electron chi connectivity index (χ2n) is 7.98. The molecule has 1 unspecified atom stereocenters. The van der Waals surface area contributed by atoms with E-state index in [1.54, 1.807) is 0 Å². The Balaban J connectivity index is 1.26. The zero-order chi connectivity index (χ0) is 23.7. The van der Waals surface area contributed by atoms with Crippen molar-refractivity contribution in [3.63, 3.8) is 0 Å². The van der Waals surface area contributed by atoms with Crippen LogP contribution in [-0.2, 0) is 14.8 Å². The highest BCUT2D eigenvalue weighted by Crippen LogP contribution is 2.41. The summed E-state index contributed by atoms with van der Waals surface area (Å²) in [6.07, 6.45) is 1.72. The zero-order valence-corrected chi connectivity index (χ0v) is 20.0. The molecular weight excluding hydrogens is 478 g/mol. The maximum absolute atomic E-state index is 12.9. The number of aromatic nitrogens is 1. The van der Waals surface area contributed by atoms with E-state index in [4.69, 9.17) is 14.2 Å². The molecule has 178 valence electrons. The predicted octanol–water partition coefficient (Wildman–Crippen LogP) is 3.59. The molecule has 5 rings (SSSR count). The van der Waals surface area contributed by atoms with Gasteiger partial charge in [-0.1, -0.05) is 6.07 Å². The summed E-state index contributed by atoms with van der Waals surface area (Å²) in [5, 5.41) is 5.01. The van der Waals surface area contributed by atoms with Gasteiger partial charge in [-0.2, -0.15) is 4.31 Å². The first-order valence-corrected chi connectivity index (χ1v) is 13.1. The highest BCUT2D eigenvalue weighted by Gasteiger charge is 2.26. The Bertz CT molecular complexity index is 1300. The summed E-state index contributed by atoms with van der Waals surface area (Å²) in [7, 11) is -2.13. The third-order valence-electron chi connectivity index (χ3n) is 5.71. The van der Waals surface area contributed by atoms with E-state index >= 15 is 0 Å². The van der Waals surface area contributed by atoms with Crippen LogP contribution in [0.25, 0.3) is 11.3 Å². The average molecular weight is 502 g/mol. The van der Waals surface area contributed by atoms with Gasteiger partial charge in [0.15, 0.2) is 16.6 Å². The van der Waals surface area contributed by atoms with Crippen LogP contribution in [0.4, 0.5) is 5.13 Å². The van der Waals surface area contributed by atoms with E-state index in [-0.39, 0.29) is 23.7 Å². The second-order valence-corrected chi connectivity index (χ2v) is 10.9. The standard InChI is InChI=1S/C23H23N3O6S2/c1-26(12-16-4-3-11-30-16)34(28,29)17-9-7-15(8-10-17)22(27)25-23-24-19(13-33-23)18-5-2-6-20-21(18)32-14-31-20/h2,5-10,13,16H,3-4,11-12,14H2,1H3,(H,24,25,27). The summed E-state index contributed by atoms with van der Waals surface area (Å²) in [5.74, 6) is 0.912. The second kappa shape index (κ2) is 9.34. The van der Waals surface area contributed by atoms with E-state index in [2.05, 4.69) is 10.3 Å².